The van der Waals surface area contributed by atoms with E-state index in [1.807, 2.05) is 35.6 Å². The van der Waals surface area contributed by atoms with Crippen molar-refractivity contribution < 1.29 is 0 Å². The topological polar surface area (TPSA) is 43.6 Å². The molecule has 0 saturated heterocycles. The molecule has 0 N–H and O–H groups in total. The predicted octanol–water partition coefficient (Wildman–Crippen LogP) is 15.3. The van der Waals surface area contributed by atoms with Crippen molar-refractivity contribution in [3.05, 3.63) is 218 Å². The van der Waals surface area contributed by atoms with E-state index in [2.05, 4.69) is 199 Å². The van der Waals surface area contributed by atoms with E-state index in [-0.39, 0.29) is 0 Å². The third kappa shape index (κ3) is 6.18. The fraction of sp³-hybridized carbons (Fsp3) is 0. The van der Waals surface area contributed by atoms with Crippen molar-refractivity contribution in [2.24, 2.45) is 0 Å². The van der Waals surface area contributed by atoms with E-state index in [4.69, 9.17) is 15.0 Å². The number of thiophene rings is 1. The van der Waals surface area contributed by atoms with Gasteiger partial charge in [0.1, 0.15) is 0 Å². The largest absolute Gasteiger partial charge is 0.308 e. The summed E-state index contributed by atoms with van der Waals surface area (Å²) in [6.07, 6.45) is 0. The van der Waals surface area contributed by atoms with E-state index in [9.17, 15) is 0 Å². The van der Waals surface area contributed by atoms with E-state index >= 15 is 0 Å². The number of fused-ring (bicyclic) bond motifs is 7. The molecule has 3 heterocycles. The standard InChI is InChI=1S/C57H36N4S/c1-4-15-37(16-5-1)39-29-31-40(32-30-39)43-22-13-24-45(36-43)61-51-28-11-10-25-46(51)47-33-34-49-48-26-14-27-50(53(48)62-54(49)52(47)61)57-59-55(41-19-8-3-9-20-41)58-56(60-57)44-23-12-21-42(35-44)38-17-6-2-7-18-38/h1-36H. The monoisotopic (exact) mass is 808 g/mol. The average Bonchev–Trinajstić information content (AvgIpc) is 3.91. The molecule has 5 heteroatoms. The molecule has 0 aliphatic heterocycles. The van der Waals surface area contributed by atoms with Crippen LogP contribution in [0.3, 0.4) is 0 Å². The van der Waals surface area contributed by atoms with Crippen molar-refractivity contribution >= 4 is 53.3 Å². The van der Waals surface area contributed by atoms with Gasteiger partial charge in [0.25, 0.3) is 0 Å². The molecule has 290 valence electrons. The second-order valence-corrected chi connectivity index (χ2v) is 16.6. The van der Waals surface area contributed by atoms with Crippen LogP contribution in [0.25, 0.3) is 115 Å². The van der Waals surface area contributed by atoms with Gasteiger partial charge in [-0.05, 0) is 63.7 Å². The molecule has 0 aliphatic carbocycles. The van der Waals surface area contributed by atoms with Crippen molar-refractivity contribution in [1.29, 1.82) is 0 Å². The Balaban J connectivity index is 1.04. The van der Waals surface area contributed by atoms with Crippen molar-refractivity contribution in [3.63, 3.8) is 0 Å². The molecular weight excluding hydrogens is 773 g/mol. The third-order valence-electron chi connectivity index (χ3n) is 11.9. The number of aromatic nitrogens is 4. The lowest BCUT2D eigenvalue weighted by atomic mass is 10.00. The second-order valence-electron chi connectivity index (χ2n) is 15.6. The molecule has 0 aliphatic rings. The van der Waals surface area contributed by atoms with Gasteiger partial charge in [-0.2, -0.15) is 0 Å². The first-order valence-corrected chi connectivity index (χ1v) is 21.7. The molecule has 4 nitrogen and oxygen atoms in total. The molecule has 3 aromatic heterocycles. The minimum atomic E-state index is 0.641. The summed E-state index contributed by atoms with van der Waals surface area (Å²) in [5.41, 5.74) is 13.4. The number of nitrogens with zero attached hydrogens (tertiary/aromatic N) is 4. The maximum absolute atomic E-state index is 5.26. The van der Waals surface area contributed by atoms with E-state index in [0.29, 0.717) is 17.5 Å². The minimum absolute atomic E-state index is 0.641. The molecule has 12 aromatic rings. The Labute approximate surface area is 362 Å². The first-order valence-electron chi connectivity index (χ1n) is 20.8. The third-order valence-corrected chi connectivity index (χ3v) is 13.1. The van der Waals surface area contributed by atoms with Crippen LogP contribution >= 0.6 is 11.3 Å². The fourth-order valence-electron chi connectivity index (χ4n) is 8.87. The van der Waals surface area contributed by atoms with Gasteiger partial charge in [-0.1, -0.05) is 188 Å². The Morgan fingerprint density at radius 1 is 0.306 bits per heavy atom. The second kappa shape index (κ2) is 14.9. The van der Waals surface area contributed by atoms with Crippen LogP contribution in [0.1, 0.15) is 0 Å². The summed E-state index contributed by atoms with van der Waals surface area (Å²) in [7, 11) is 0. The maximum Gasteiger partial charge on any atom is 0.165 e. The lowest BCUT2D eigenvalue weighted by Crippen LogP contribution is -2.00. The van der Waals surface area contributed by atoms with Crippen LogP contribution in [0.5, 0.6) is 0 Å². The highest BCUT2D eigenvalue weighted by atomic mass is 32.1. The summed E-state index contributed by atoms with van der Waals surface area (Å²) in [5.74, 6) is 1.94. The first kappa shape index (κ1) is 35.9. The Morgan fingerprint density at radius 2 is 0.790 bits per heavy atom. The number of rotatable bonds is 7. The zero-order chi connectivity index (χ0) is 41.0. The molecular formula is C57H36N4S. The normalized spacial score (nSPS) is 11.5. The first-order chi connectivity index (χ1) is 30.7. The van der Waals surface area contributed by atoms with Crippen molar-refractivity contribution in [2.75, 3.05) is 0 Å². The average molecular weight is 809 g/mol. The molecule has 9 aromatic carbocycles. The van der Waals surface area contributed by atoms with Crippen LogP contribution in [0.2, 0.25) is 0 Å². The molecule has 0 fully saturated rings. The quantitative estimate of drug-likeness (QED) is 0.161. The fourth-order valence-corrected chi connectivity index (χ4v) is 10.2. The predicted molar refractivity (Wildman–Crippen MR) is 260 cm³/mol. The van der Waals surface area contributed by atoms with E-state index in [1.165, 1.54) is 59.5 Å². The molecule has 0 saturated carbocycles. The highest BCUT2D eigenvalue weighted by Gasteiger charge is 2.21. The van der Waals surface area contributed by atoms with Crippen molar-refractivity contribution in [3.8, 4) is 73.2 Å². The van der Waals surface area contributed by atoms with Gasteiger partial charge in [-0.3, -0.25) is 0 Å². The van der Waals surface area contributed by atoms with E-state index in [1.54, 1.807) is 0 Å². The van der Waals surface area contributed by atoms with Crippen LogP contribution in [0.15, 0.2) is 218 Å². The lowest BCUT2D eigenvalue weighted by molar-refractivity contribution is 1.08. The highest BCUT2D eigenvalue weighted by Crippen LogP contribution is 2.46. The number of hydrogen-bond acceptors (Lipinski definition) is 4. The highest BCUT2D eigenvalue weighted by molar-refractivity contribution is 7.27. The number of benzene rings is 9. The van der Waals surface area contributed by atoms with Crippen LogP contribution < -0.4 is 0 Å². The number of hydrogen-bond donors (Lipinski definition) is 0. The maximum atomic E-state index is 5.26. The van der Waals surface area contributed by atoms with Gasteiger partial charge in [-0.25, -0.2) is 15.0 Å². The van der Waals surface area contributed by atoms with Crippen LogP contribution in [-0.4, -0.2) is 19.5 Å². The van der Waals surface area contributed by atoms with Crippen molar-refractivity contribution in [1.82, 2.24) is 19.5 Å². The summed E-state index contributed by atoms with van der Waals surface area (Å²) in [6, 6.07) is 77.4. The van der Waals surface area contributed by atoms with Gasteiger partial charge in [-0.15, -0.1) is 11.3 Å². The Bertz CT molecular complexity index is 3610. The van der Waals surface area contributed by atoms with Gasteiger partial charge >= 0.3 is 0 Å². The summed E-state index contributed by atoms with van der Waals surface area (Å²) >= 11 is 1.82. The molecule has 0 bridgehead atoms. The summed E-state index contributed by atoms with van der Waals surface area (Å²) in [5, 5.41) is 4.85. The molecule has 62 heavy (non-hydrogen) atoms. The van der Waals surface area contributed by atoms with Gasteiger partial charge in [0.05, 0.1) is 15.7 Å². The molecule has 0 amide bonds. The number of para-hydroxylation sites is 1. The molecule has 0 atom stereocenters. The van der Waals surface area contributed by atoms with Crippen LogP contribution in [0, 0.1) is 0 Å². The molecule has 0 radical (unpaired) electrons. The Kier molecular flexibility index (Phi) is 8.65. The summed E-state index contributed by atoms with van der Waals surface area (Å²) < 4.78 is 4.83. The molecule has 0 unspecified atom stereocenters. The summed E-state index contributed by atoms with van der Waals surface area (Å²) in [4.78, 5) is 15.6. The van der Waals surface area contributed by atoms with Gasteiger partial charge < -0.3 is 4.57 Å². The summed E-state index contributed by atoms with van der Waals surface area (Å²) in [6.45, 7) is 0. The molecule has 0 spiro atoms. The van der Waals surface area contributed by atoms with Gasteiger partial charge in [0.15, 0.2) is 17.5 Å². The Morgan fingerprint density at radius 3 is 1.53 bits per heavy atom. The van der Waals surface area contributed by atoms with Gasteiger partial charge in [0.2, 0.25) is 0 Å². The Hall–Kier alpha value is -7.99. The minimum Gasteiger partial charge on any atom is -0.308 e. The van der Waals surface area contributed by atoms with Gasteiger partial charge in [0, 0.05) is 48.6 Å². The van der Waals surface area contributed by atoms with Crippen LogP contribution in [0.4, 0.5) is 0 Å². The SMILES string of the molecule is c1ccc(-c2ccc(-c3cccc(-n4c5ccccc5c5ccc6c7cccc(-c8nc(-c9ccccc9)nc(-c9cccc(-c%10ccccc%10)c9)n8)c7sc6c54)c3)cc2)cc1. The lowest BCUT2D eigenvalue weighted by Gasteiger charge is -2.11. The zero-order valence-corrected chi connectivity index (χ0v) is 34.3. The van der Waals surface area contributed by atoms with E-state index in [0.717, 1.165) is 38.2 Å². The van der Waals surface area contributed by atoms with Crippen molar-refractivity contribution in [2.45, 2.75) is 0 Å². The van der Waals surface area contributed by atoms with E-state index < -0.39 is 0 Å². The molecule has 12 rings (SSSR count). The zero-order valence-electron chi connectivity index (χ0n) is 33.5. The smallest absolute Gasteiger partial charge is 0.165 e. The van der Waals surface area contributed by atoms with Crippen LogP contribution in [-0.2, 0) is 0 Å².